The van der Waals surface area contributed by atoms with Gasteiger partial charge in [0, 0.05) is 12.8 Å². The van der Waals surface area contributed by atoms with E-state index in [9.17, 15) is 14.4 Å². The summed E-state index contributed by atoms with van der Waals surface area (Å²) in [6.45, 7) is 3.79. The fraction of sp³-hybridized carbons (Fsp3) is 0.727. The van der Waals surface area contributed by atoms with E-state index in [0.717, 1.165) is 0 Å². The van der Waals surface area contributed by atoms with Crippen molar-refractivity contribution in [2.24, 2.45) is 11.7 Å². The maximum Gasteiger partial charge on any atom is 0.305 e. The normalized spacial score (nSPS) is 12.0. The van der Waals surface area contributed by atoms with Crippen LogP contribution in [0.4, 0.5) is 0 Å². The summed E-state index contributed by atoms with van der Waals surface area (Å²) in [7, 11) is 1.26. The zero-order valence-electron chi connectivity index (χ0n) is 10.5. The highest BCUT2D eigenvalue weighted by molar-refractivity contribution is 5.87. The van der Waals surface area contributed by atoms with Gasteiger partial charge in [-0.05, 0) is 12.3 Å². The number of hydrogen-bond donors (Lipinski definition) is 2. The molecule has 0 aliphatic rings. The summed E-state index contributed by atoms with van der Waals surface area (Å²) in [4.78, 5) is 33.4. The van der Waals surface area contributed by atoms with Gasteiger partial charge < -0.3 is 15.8 Å². The van der Waals surface area contributed by atoms with Crippen molar-refractivity contribution in [3.63, 3.8) is 0 Å². The van der Waals surface area contributed by atoms with E-state index < -0.39 is 17.9 Å². The van der Waals surface area contributed by atoms with E-state index in [0.29, 0.717) is 6.42 Å². The van der Waals surface area contributed by atoms with Gasteiger partial charge in [-0.1, -0.05) is 13.8 Å². The molecule has 0 fully saturated rings. The summed E-state index contributed by atoms with van der Waals surface area (Å²) >= 11 is 0. The minimum Gasteiger partial charge on any atom is -0.469 e. The predicted octanol–water partition coefficient (Wildman–Crippen LogP) is -0.0442. The number of carbonyl (C=O) groups is 3. The van der Waals surface area contributed by atoms with Gasteiger partial charge in [-0.25, -0.2) is 0 Å². The van der Waals surface area contributed by atoms with Crippen molar-refractivity contribution in [3.8, 4) is 0 Å². The lowest BCUT2D eigenvalue weighted by molar-refractivity contribution is -0.141. The van der Waals surface area contributed by atoms with Crippen molar-refractivity contribution in [2.45, 2.75) is 39.2 Å². The van der Waals surface area contributed by atoms with Crippen molar-refractivity contribution in [2.75, 3.05) is 7.11 Å². The molecule has 0 spiro atoms. The van der Waals surface area contributed by atoms with Crippen LogP contribution in [-0.2, 0) is 19.1 Å². The molecular formula is C11H20N2O4. The van der Waals surface area contributed by atoms with Gasteiger partial charge in [-0.2, -0.15) is 0 Å². The number of carbonyl (C=O) groups excluding carboxylic acids is 3. The highest BCUT2D eigenvalue weighted by atomic mass is 16.5. The lowest BCUT2D eigenvalue weighted by Gasteiger charge is -2.15. The Morgan fingerprint density at radius 2 is 1.88 bits per heavy atom. The summed E-state index contributed by atoms with van der Waals surface area (Å²) in [6, 6.07) is -0.819. The van der Waals surface area contributed by atoms with Crippen LogP contribution in [0.15, 0.2) is 0 Å². The third kappa shape index (κ3) is 7.32. The van der Waals surface area contributed by atoms with E-state index in [1.807, 2.05) is 13.8 Å². The summed E-state index contributed by atoms with van der Waals surface area (Å²) in [6.07, 6.45) is 0.528. The van der Waals surface area contributed by atoms with Crippen LogP contribution in [0.1, 0.15) is 33.1 Å². The number of esters is 1. The Hall–Kier alpha value is -1.59. The molecule has 0 rings (SSSR count). The van der Waals surface area contributed by atoms with Crippen LogP contribution in [0.5, 0.6) is 0 Å². The Morgan fingerprint density at radius 3 is 2.29 bits per heavy atom. The summed E-state index contributed by atoms with van der Waals surface area (Å²) in [5.74, 6) is -1.13. The van der Waals surface area contributed by atoms with Crippen molar-refractivity contribution in [3.05, 3.63) is 0 Å². The topological polar surface area (TPSA) is 98.5 Å². The third-order valence-electron chi connectivity index (χ3n) is 2.14. The highest BCUT2D eigenvalue weighted by Crippen LogP contribution is 2.02. The molecular weight excluding hydrogens is 224 g/mol. The van der Waals surface area contributed by atoms with Crippen molar-refractivity contribution < 1.29 is 19.1 Å². The number of nitrogens with two attached hydrogens (primary N) is 1. The third-order valence-corrected chi connectivity index (χ3v) is 2.14. The van der Waals surface area contributed by atoms with E-state index >= 15 is 0 Å². The van der Waals surface area contributed by atoms with E-state index in [1.54, 1.807) is 0 Å². The molecule has 0 saturated heterocycles. The molecule has 0 aliphatic heterocycles. The number of rotatable bonds is 7. The van der Waals surface area contributed by atoms with Gasteiger partial charge in [0.1, 0.15) is 6.04 Å². The van der Waals surface area contributed by atoms with Gasteiger partial charge in [0.05, 0.1) is 7.11 Å². The maximum atomic E-state index is 11.4. The van der Waals surface area contributed by atoms with Gasteiger partial charge >= 0.3 is 5.97 Å². The predicted molar refractivity (Wildman–Crippen MR) is 61.8 cm³/mol. The first-order chi connectivity index (χ1) is 7.86. The molecule has 0 bridgehead atoms. The summed E-state index contributed by atoms with van der Waals surface area (Å²) < 4.78 is 4.45. The zero-order chi connectivity index (χ0) is 13.4. The molecule has 6 nitrogen and oxygen atoms in total. The Labute approximate surface area is 101 Å². The van der Waals surface area contributed by atoms with Gasteiger partial charge in [-0.15, -0.1) is 0 Å². The largest absolute Gasteiger partial charge is 0.469 e. The van der Waals surface area contributed by atoms with Crippen LogP contribution >= 0.6 is 0 Å². The lowest BCUT2D eigenvalue weighted by atomic mass is 10.1. The van der Waals surface area contributed by atoms with E-state index in [1.165, 1.54) is 7.11 Å². The second-order valence-electron chi connectivity index (χ2n) is 4.24. The number of ether oxygens (including phenoxy) is 1. The molecule has 0 aromatic heterocycles. The number of methoxy groups -OCH3 is 1. The fourth-order valence-electron chi connectivity index (χ4n) is 1.27. The van der Waals surface area contributed by atoms with Crippen LogP contribution in [-0.4, -0.2) is 30.9 Å². The molecule has 2 amide bonds. The number of amides is 2. The van der Waals surface area contributed by atoms with Crippen LogP contribution in [0.3, 0.4) is 0 Å². The fourth-order valence-corrected chi connectivity index (χ4v) is 1.27. The first kappa shape index (κ1) is 15.4. The average Bonchev–Trinajstić information content (AvgIpc) is 2.22. The molecule has 3 N–H and O–H groups in total. The number of primary amides is 1. The Morgan fingerprint density at radius 1 is 1.29 bits per heavy atom. The minimum atomic E-state index is -0.819. The molecule has 0 heterocycles. The number of hydrogen-bond acceptors (Lipinski definition) is 4. The smallest absolute Gasteiger partial charge is 0.305 e. The summed E-state index contributed by atoms with van der Waals surface area (Å²) in [5.41, 5.74) is 5.14. The molecule has 0 aromatic rings. The molecule has 0 aliphatic carbocycles. The second kappa shape index (κ2) is 7.65. The molecule has 0 unspecified atom stereocenters. The molecule has 17 heavy (non-hydrogen) atoms. The first-order valence-electron chi connectivity index (χ1n) is 5.52. The molecule has 1 atom stereocenters. The second-order valence-corrected chi connectivity index (χ2v) is 4.24. The zero-order valence-corrected chi connectivity index (χ0v) is 10.5. The van der Waals surface area contributed by atoms with E-state index in [4.69, 9.17) is 5.73 Å². The quantitative estimate of drug-likeness (QED) is 0.614. The van der Waals surface area contributed by atoms with E-state index in [2.05, 4.69) is 10.1 Å². The van der Waals surface area contributed by atoms with Crippen molar-refractivity contribution in [1.82, 2.24) is 5.32 Å². The van der Waals surface area contributed by atoms with Crippen LogP contribution in [0.25, 0.3) is 0 Å². The Bertz CT molecular complexity index is 289. The van der Waals surface area contributed by atoms with Crippen LogP contribution in [0, 0.1) is 5.92 Å². The minimum absolute atomic E-state index is 0.0477. The standard InChI is InChI=1S/C11H20N2O4/c1-7(2)6-9(14)13-8(11(12)16)4-5-10(15)17-3/h7-8H,4-6H2,1-3H3,(H2,12,16)(H,13,14)/t8-/m1/s1. The highest BCUT2D eigenvalue weighted by Gasteiger charge is 2.19. The number of nitrogens with one attached hydrogen (secondary N) is 1. The Balaban J connectivity index is 4.20. The molecule has 6 heteroatoms. The first-order valence-corrected chi connectivity index (χ1v) is 5.52. The monoisotopic (exact) mass is 244 g/mol. The molecule has 0 aromatic carbocycles. The summed E-state index contributed by atoms with van der Waals surface area (Å²) in [5, 5.41) is 2.51. The lowest BCUT2D eigenvalue weighted by Crippen LogP contribution is -2.45. The Kier molecular flexibility index (Phi) is 6.93. The molecule has 98 valence electrons. The van der Waals surface area contributed by atoms with E-state index in [-0.39, 0.29) is 24.7 Å². The molecule has 0 saturated carbocycles. The molecule has 0 radical (unpaired) electrons. The van der Waals surface area contributed by atoms with Crippen LogP contribution in [0.2, 0.25) is 0 Å². The van der Waals surface area contributed by atoms with Gasteiger partial charge in [0.15, 0.2) is 0 Å². The van der Waals surface area contributed by atoms with Crippen molar-refractivity contribution >= 4 is 17.8 Å². The van der Waals surface area contributed by atoms with Crippen molar-refractivity contribution in [1.29, 1.82) is 0 Å². The maximum absolute atomic E-state index is 11.4. The van der Waals surface area contributed by atoms with Gasteiger partial charge in [-0.3, -0.25) is 14.4 Å². The van der Waals surface area contributed by atoms with Crippen LogP contribution < -0.4 is 11.1 Å². The van der Waals surface area contributed by atoms with Gasteiger partial charge in [0.2, 0.25) is 11.8 Å². The SMILES string of the molecule is COC(=O)CC[C@@H](NC(=O)CC(C)C)C(N)=O. The van der Waals surface area contributed by atoms with Gasteiger partial charge in [0.25, 0.3) is 0 Å². The average molecular weight is 244 g/mol.